The summed E-state index contributed by atoms with van der Waals surface area (Å²) in [6.45, 7) is 2.98. The first-order valence-electron chi connectivity index (χ1n) is 5.77. The number of hydrogen-bond acceptors (Lipinski definition) is 5. The summed E-state index contributed by atoms with van der Waals surface area (Å²) in [6.07, 6.45) is -1.39. The van der Waals surface area contributed by atoms with E-state index in [-0.39, 0.29) is 17.9 Å². The maximum Gasteiger partial charge on any atom is 0.186 e. The lowest BCUT2D eigenvalue weighted by Crippen LogP contribution is -2.48. The molecule has 0 amide bonds. The van der Waals surface area contributed by atoms with Crippen LogP contribution in [0.2, 0.25) is 0 Å². The maximum atomic E-state index is 9.91. The number of allylic oxidation sites excluding steroid dienone is 1. The minimum absolute atomic E-state index is 0.0475. The lowest BCUT2D eigenvalue weighted by atomic mass is 9.88. The molecule has 1 heterocycles. The van der Waals surface area contributed by atoms with Crippen LogP contribution in [0.5, 0.6) is 0 Å². The van der Waals surface area contributed by atoms with Crippen LogP contribution in [-0.2, 0) is 4.74 Å². The highest BCUT2D eigenvalue weighted by Gasteiger charge is 2.38. The van der Waals surface area contributed by atoms with Crippen molar-refractivity contribution in [1.82, 2.24) is 0 Å². The minimum atomic E-state index is -1.26. The number of hydrogen-bond donors (Lipinski definition) is 5. The van der Waals surface area contributed by atoms with Gasteiger partial charge in [0, 0.05) is 5.92 Å². The van der Waals surface area contributed by atoms with Crippen molar-refractivity contribution in [3.63, 3.8) is 0 Å². The Kier molecular flexibility index (Phi) is 4.94. The van der Waals surface area contributed by atoms with Gasteiger partial charge in [-0.3, -0.25) is 0 Å². The highest BCUT2D eigenvalue weighted by Crippen LogP contribution is 2.28. The van der Waals surface area contributed by atoms with E-state index in [4.69, 9.17) is 21.3 Å². The van der Waals surface area contributed by atoms with Gasteiger partial charge in [0.15, 0.2) is 5.96 Å². The number of rotatable bonds is 4. The van der Waals surface area contributed by atoms with E-state index in [1.807, 2.05) is 0 Å². The van der Waals surface area contributed by atoms with Gasteiger partial charge in [-0.25, -0.2) is 4.99 Å². The molecule has 7 nitrogen and oxygen atoms in total. The van der Waals surface area contributed by atoms with Crippen LogP contribution in [0.4, 0.5) is 0 Å². The number of aliphatic imine (C=N–C) groups is 1. The molecule has 1 aliphatic rings. The lowest BCUT2D eigenvalue weighted by Gasteiger charge is -2.37. The first-order valence-corrected chi connectivity index (χ1v) is 5.77. The van der Waals surface area contributed by atoms with Crippen LogP contribution < -0.4 is 11.5 Å². The molecule has 0 radical (unpaired) electrons. The number of aliphatic hydroxyl groups excluding tert-OH is 3. The molecule has 0 aromatic rings. The van der Waals surface area contributed by atoms with Gasteiger partial charge in [0.1, 0.15) is 18.3 Å². The third-order valence-electron chi connectivity index (χ3n) is 3.00. The van der Waals surface area contributed by atoms with Crippen LogP contribution in [0, 0.1) is 5.92 Å². The molecule has 0 aliphatic carbocycles. The molecule has 0 fully saturated rings. The molecule has 0 unspecified atom stereocenters. The molecule has 7 heteroatoms. The molecule has 0 saturated heterocycles. The van der Waals surface area contributed by atoms with Gasteiger partial charge in [0.25, 0.3) is 0 Å². The number of guanidine groups is 1. The third kappa shape index (κ3) is 3.34. The number of nitrogens with two attached hydrogens (primary N) is 2. The van der Waals surface area contributed by atoms with Crippen LogP contribution in [-0.4, -0.2) is 52.2 Å². The highest BCUT2D eigenvalue weighted by atomic mass is 16.5. The SMILES string of the molecule is CC1=C[C@H](N=C(N)N)[C@@H](C)[C@H]([C@H](O)[C@H](O)CO)O1. The van der Waals surface area contributed by atoms with Gasteiger partial charge in [-0.2, -0.15) is 0 Å². The molecule has 0 saturated carbocycles. The molecule has 0 aromatic heterocycles. The maximum absolute atomic E-state index is 9.91. The van der Waals surface area contributed by atoms with E-state index < -0.39 is 24.9 Å². The van der Waals surface area contributed by atoms with E-state index in [0.29, 0.717) is 5.76 Å². The van der Waals surface area contributed by atoms with Crippen molar-refractivity contribution in [3.8, 4) is 0 Å². The van der Waals surface area contributed by atoms with Gasteiger partial charge in [-0.05, 0) is 13.0 Å². The first kappa shape index (κ1) is 14.7. The van der Waals surface area contributed by atoms with Crippen molar-refractivity contribution in [2.75, 3.05) is 6.61 Å². The molecule has 1 rings (SSSR count). The second kappa shape index (κ2) is 6.03. The number of aliphatic hydroxyl groups is 3. The third-order valence-corrected chi connectivity index (χ3v) is 3.00. The average molecular weight is 259 g/mol. The van der Waals surface area contributed by atoms with Crippen LogP contribution in [0.15, 0.2) is 16.8 Å². The molecule has 0 aromatic carbocycles. The van der Waals surface area contributed by atoms with Gasteiger partial charge in [0.2, 0.25) is 0 Å². The summed E-state index contributed by atoms with van der Waals surface area (Å²) in [4.78, 5) is 4.05. The monoisotopic (exact) mass is 259 g/mol. The lowest BCUT2D eigenvalue weighted by molar-refractivity contribution is -0.109. The minimum Gasteiger partial charge on any atom is -0.492 e. The molecular weight excluding hydrogens is 238 g/mol. The second-order valence-electron chi connectivity index (χ2n) is 4.50. The zero-order chi connectivity index (χ0) is 13.9. The van der Waals surface area contributed by atoms with Crippen LogP contribution in [0.3, 0.4) is 0 Å². The number of nitrogens with zero attached hydrogens (tertiary/aromatic N) is 1. The molecule has 0 bridgehead atoms. The van der Waals surface area contributed by atoms with Crippen molar-refractivity contribution in [2.24, 2.45) is 22.4 Å². The molecular formula is C11H21N3O4. The fourth-order valence-corrected chi connectivity index (χ4v) is 1.98. The fraction of sp³-hybridized carbons (Fsp3) is 0.727. The van der Waals surface area contributed by atoms with Crippen LogP contribution in [0.25, 0.3) is 0 Å². The molecule has 18 heavy (non-hydrogen) atoms. The Labute approximate surface area is 106 Å². The Morgan fingerprint density at radius 1 is 1.50 bits per heavy atom. The fourth-order valence-electron chi connectivity index (χ4n) is 1.98. The van der Waals surface area contributed by atoms with Crippen LogP contribution >= 0.6 is 0 Å². The van der Waals surface area contributed by atoms with E-state index in [1.54, 1.807) is 19.9 Å². The summed E-state index contributed by atoms with van der Waals surface area (Å²) in [7, 11) is 0. The zero-order valence-corrected chi connectivity index (χ0v) is 10.5. The largest absolute Gasteiger partial charge is 0.492 e. The summed E-state index contributed by atoms with van der Waals surface area (Å²) < 4.78 is 5.48. The van der Waals surface area contributed by atoms with Crippen LogP contribution in [0.1, 0.15) is 13.8 Å². The quantitative estimate of drug-likeness (QED) is 0.301. The van der Waals surface area contributed by atoms with E-state index >= 15 is 0 Å². The molecule has 5 atom stereocenters. The summed E-state index contributed by atoms with van der Waals surface area (Å²) in [6, 6.07) is -0.325. The smallest absolute Gasteiger partial charge is 0.186 e. The Morgan fingerprint density at radius 2 is 2.11 bits per heavy atom. The molecule has 104 valence electrons. The number of ether oxygens (including phenoxy) is 1. The standard InChI is InChI=1S/C11H21N3O4/c1-5-3-7(14-11(12)13)6(2)10(18-5)9(17)8(16)4-15/h3,6-10,15-17H,4H2,1-2H3,(H4,12,13,14)/t6-,7+,8-,9-,10-/m1/s1. The van der Waals surface area contributed by atoms with E-state index in [1.165, 1.54) is 0 Å². The molecule has 1 aliphatic heterocycles. The summed E-state index contributed by atoms with van der Waals surface area (Å²) in [5.41, 5.74) is 10.7. The Bertz CT molecular complexity index is 341. The van der Waals surface area contributed by atoms with Gasteiger partial charge in [-0.15, -0.1) is 0 Å². The zero-order valence-electron chi connectivity index (χ0n) is 10.5. The van der Waals surface area contributed by atoms with Gasteiger partial charge < -0.3 is 31.5 Å². The molecule has 0 spiro atoms. The van der Waals surface area contributed by atoms with Gasteiger partial charge in [0.05, 0.1) is 18.4 Å². The van der Waals surface area contributed by atoms with E-state index in [2.05, 4.69) is 4.99 Å². The second-order valence-corrected chi connectivity index (χ2v) is 4.50. The average Bonchev–Trinajstić information content (AvgIpc) is 2.30. The van der Waals surface area contributed by atoms with Gasteiger partial charge in [-0.1, -0.05) is 6.92 Å². The van der Waals surface area contributed by atoms with Crippen molar-refractivity contribution in [3.05, 3.63) is 11.8 Å². The van der Waals surface area contributed by atoms with Gasteiger partial charge >= 0.3 is 0 Å². The summed E-state index contributed by atoms with van der Waals surface area (Å²) in [5, 5.41) is 28.2. The Balaban J connectivity index is 2.90. The van der Waals surface area contributed by atoms with Crippen molar-refractivity contribution in [2.45, 2.75) is 38.2 Å². The Hall–Kier alpha value is -1.31. The van der Waals surface area contributed by atoms with Crippen molar-refractivity contribution in [1.29, 1.82) is 0 Å². The van der Waals surface area contributed by atoms with Crippen molar-refractivity contribution >= 4 is 5.96 Å². The summed E-state index contributed by atoms with van der Waals surface area (Å²) in [5.74, 6) is 0.290. The highest BCUT2D eigenvalue weighted by molar-refractivity contribution is 5.76. The van der Waals surface area contributed by atoms with E-state index in [9.17, 15) is 10.2 Å². The Morgan fingerprint density at radius 3 is 2.61 bits per heavy atom. The van der Waals surface area contributed by atoms with E-state index in [0.717, 1.165) is 0 Å². The van der Waals surface area contributed by atoms with Crippen molar-refractivity contribution < 1.29 is 20.1 Å². The topological polar surface area (TPSA) is 134 Å². The first-order chi connectivity index (χ1) is 8.36. The predicted octanol–water partition coefficient (Wildman–Crippen LogP) is -1.72. The predicted molar refractivity (Wildman–Crippen MR) is 66.5 cm³/mol. The summed E-state index contributed by atoms with van der Waals surface area (Å²) >= 11 is 0. The molecule has 7 N–H and O–H groups in total. The normalized spacial score (nSPS) is 30.9.